The SMILES string of the molecule is O=C(Cn1nc(C2CC2)ccc1=O)N1CCCCCC1. The van der Waals surface area contributed by atoms with E-state index in [-0.39, 0.29) is 18.0 Å². The summed E-state index contributed by atoms with van der Waals surface area (Å²) in [5.41, 5.74) is 0.769. The molecule has 0 unspecified atom stereocenters. The van der Waals surface area contributed by atoms with E-state index in [1.807, 2.05) is 4.90 Å². The van der Waals surface area contributed by atoms with Gasteiger partial charge in [-0.3, -0.25) is 9.59 Å². The Balaban J connectivity index is 1.71. The molecule has 2 fully saturated rings. The summed E-state index contributed by atoms with van der Waals surface area (Å²) >= 11 is 0. The van der Waals surface area contributed by atoms with Crippen molar-refractivity contribution in [3.8, 4) is 0 Å². The van der Waals surface area contributed by atoms with Gasteiger partial charge in [0.1, 0.15) is 6.54 Å². The van der Waals surface area contributed by atoms with Crippen molar-refractivity contribution in [2.24, 2.45) is 0 Å². The lowest BCUT2D eigenvalue weighted by atomic mass is 10.2. The molecule has 3 rings (SSSR count). The third-order valence-electron chi connectivity index (χ3n) is 4.13. The molecule has 1 saturated heterocycles. The Bertz CT molecular complexity index is 540. The smallest absolute Gasteiger partial charge is 0.267 e. The van der Waals surface area contributed by atoms with Crippen molar-refractivity contribution in [2.75, 3.05) is 13.1 Å². The van der Waals surface area contributed by atoms with Gasteiger partial charge in [-0.2, -0.15) is 5.10 Å². The summed E-state index contributed by atoms with van der Waals surface area (Å²) in [4.78, 5) is 26.0. The lowest BCUT2D eigenvalue weighted by molar-refractivity contribution is -0.132. The normalized spacial score (nSPS) is 19.7. The topological polar surface area (TPSA) is 55.2 Å². The van der Waals surface area contributed by atoms with Crippen LogP contribution in [0, 0.1) is 0 Å². The summed E-state index contributed by atoms with van der Waals surface area (Å²) in [6.45, 7) is 1.71. The van der Waals surface area contributed by atoms with Crippen LogP contribution in [-0.2, 0) is 11.3 Å². The van der Waals surface area contributed by atoms with Gasteiger partial charge in [0, 0.05) is 25.1 Å². The van der Waals surface area contributed by atoms with Crippen LogP contribution in [0.2, 0.25) is 0 Å². The minimum atomic E-state index is -0.183. The van der Waals surface area contributed by atoms with Crippen LogP contribution in [0.25, 0.3) is 0 Å². The minimum absolute atomic E-state index is 0.0226. The van der Waals surface area contributed by atoms with Crippen LogP contribution < -0.4 is 5.56 Å². The highest BCUT2D eigenvalue weighted by atomic mass is 16.2. The summed E-state index contributed by atoms with van der Waals surface area (Å²) in [6, 6.07) is 3.34. The standard InChI is InChI=1S/C15H21N3O2/c19-14-8-7-13(12-5-6-12)16-18(14)11-15(20)17-9-3-1-2-4-10-17/h7-8,12H,1-6,9-11H2. The molecule has 1 aromatic rings. The van der Waals surface area contributed by atoms with Gasteiger partial charge in [-0.15, -0.1) is 0 Å². The van der Waals surface area contributed by atoms with Crippen LogP contribution in [-0.4, -0.2) is 33.7 Å². The molecule has 108 valence electrons. The molecule has 1 aliphatic carbocycles. The van der Waals surface area contributed by atoms with Crippen molar-refractivity contribution in [1.82, 2.24) is 14.7 Å². The number of hydrogen-bond acceptors (Lipinski definition) is 3. The van der Waals surface area contributed by atoms with E-state index in [1.165, 1.54) is 23.6 Å². The molecule has 5 heteroatoms. The Morgan fingerprint density at radius 3 is 2.50 bits per heavy atom. The van der Waals surface area contributed by atoms with Crippen LogP contribution in [0.4, 0.5) is 0 Å². The lowest BCUT2D eigenvalue weighted by Crippen LogP contribution is -2.38. The van der Waals surface area contributed by atoms with Crippen LogP contribution >= 0.6 is 0 Å². The maximum absolute atomic E-state index is 12.3. The molecule has 1 aliphatic heterocycles. The van der Waals surface area contributed by atoms with Crippen LogP contribution in [0.3, 0.4) is 0 Å². The zero-order valence-corrected chi connectivity index (χ0v) is 11.8. The van der Waals surface area contributed by atoms with Gasteiger partial charge in [0.05, 0.1) is 5.69 Å². The molecular formula is C15H21N3O2. The van der Waals surface area contributed by atoms with Crippen molar-refractivity contribution in [1.29, 1.82) is 0 Å². The molecule has 1 amide bonds. The van der Waals surface area contributed by atoms with Gasteiger partial charge in [-0.05, 0) is 31.7 Å². The summed E-state index contributed by atoms with van der Waals surface area (Å²) in [6.07, 6.45) is 6.81. The predicted molar refractivity (Wildman–Crippen MR) is 75.5 cm³/mol. The van der Waals surface area contributed by atoms with Crippen molar-refractivity contribution in [3.63, 3.8) is 0 Å². The highest BCUT2D eigenvalue weighted by Gasteiger charge is 2.26. The molecule has 5 nitrogen and oxygen atoms in total. The summed E-state index contributed by atoms with van der Waals surface area (Å²) in [7, 11) is 0. The fourth-order valence-corrected chi connectivity index (χ4v) is 2.72. The molecule has 0 bridgehead atoms. The number of hydrogen-bond donors (Lipinski definition) is 0. The molecule has 1 saturated carbocycles. The van der Waals surface area contributed by atoms with E-state index >= 15 is 0 Å². The molecule has 2 aliphatic rings. The number of aromatic nitrogens is 2. The molecule has 1 aromatic heterocycles. The first-order valence-corrected chi connectivity index (χ1v) is 7.60. The average molecular weight is 275 g/mol. The van der Waals surface area contributed by atoms with Gasteiger partial charge in [0.15, 0.2) is 0 Å². The molecule has 0 atom stereocenters. The molecular weight excluding hydrogens is 254 g/mol. The Labute approximate surface area is 118 Å². The first-order chi connectivity index (χ1) is 9.74. The molecule has 2 heterocycles. The van der Waals surface area contributed by atoms with Gasteiger partial charge in [-0.25, -0.2) is 4.68 Å². The lowest BCUT2D eigenvalue weighted by Gasteiger charge is -2.20. The zero-order chi connectivity index (χ0) is 13.9. The molecule has 0 aromatic carbocycles. The Kier molecular flexibility index (Phi) is 3.85. The van der Waals surface area contributed by atoms with E-state index in [0.717, 1.165) is 44.5 Å². The number of amides is 1. The van der Waals surface area contributed by atoms with Gasteiger partial charge < -0.3 is 4.90 Å². The van der Waals surface area contributed by atoms with Crippen LogP contribution in [0.1, 0.15) is 50.1 Å². The number of carbonyl (C=O) groups is 1. The van der Waals surface area contributed by atoms with Crippen molar-refractivity contribution in [3.05, 3.63) is 28.2 Å². The monoisotopic (exact) mass is 275 g/mol. The van der Waals surface area contributed by atoms with E-state index in [2.05, 4.69) is 5.10 Å². The number of carbonyl (C=O) groups excluding carboxylic acids is 1. The maximum Gasteiger partial charge on any atom is 0.267 e. The van der Waals surface area contributed by atoms with Crippen molar-refractivity contribution < 1.29 is 4.79 Å². The van der Waals surface area contributed by atoms with Gasteiger partial charge in [0.25, 0.3) is 5.56 Å². The highest BCUT2D eigenvalue weighted by Crippen LogP contribution is 2.38. The maximum atomic E-state index is 12.3. The summed E-state index contributed by atoms with van der Waals surface area (Å²) in [5.74, 6) is 0.518. The molecule has 0 spiro atoms. The van der Waals surface area contributed by atoms with E-state index in [9.17, 15) is 9.59 Å². The highest BCUT2D eigenvalue weighted by molar-refractivity contribution is 5.75. The van der Waals surface area contributed by atoms with E-state index in [0.29, 0.717) is 5.92 Å². The molecule has 20 heavy (non-hydrogen) atoms. The Hall–Kier alpha value is -1.65. The average Bonchev–Trinajstić information content (AvgIpc) is 3.27. The zero-order valence-electron chi connectivity index (χ0n) is 11.8. The molecule has 0 N–H and O–H groups in total. The third kappa shape index (κ3) is 3.08. The van der Waals surface area contributed by atoms with Gasteiger partial charge >= 0.3 is 0 Å². The quantitative estimate of drug-likeness (QED) is 0.840. The third-order valence-corrected chi connectivity index (χ3v) is 4.13. The van der Waals surface area contributed by atoms with Crippen LogP contribution in [0.15, 0.2) is 16.9 Å². The fourth-order valence-electron chi connectivity index (χ4n) is 2.72. The van der Waals surface area contributed by atoms with E-state index < -0.39 is 0 Å². The fraction of sp³-hybridized carbons (Fsp3) is 0.667. The second kappa shape index (κ2) is 5.77. The summed E-state index contributed by atoms with van der Waals surface area (Å²) < 4.78 is 1.33. The largest absolute Gasteiger partial charge is 0.341 e. The van der Waals surface area contributed by atoms with Crippen molar-refractivity contribution in [2.45, 2.75) is 51.0 Å². The first-order valence-electron chi connectivity index (χ1n) is 7.60. The predicted octanol–water partition coefficient (Wildman–Crippen LogP) is 1.52. The Morgan fingerprint density at radius 1 is 1.15 bits per heavy atom. The summed E-state index contributed by atoms with van der Waals surface area (Å²) in [5, 5.41) is 4.35. The van der Waals surface area contributed by atoms with Gasteiger partial charge in [0.2, 0.25) is 5.91 Å². The Morgan fingerprint density at radius 2 is 1.85 bits per heavy atom. The number of rotatable bonds is 3. The van der Waals surface area contributed by atoms with Crippen LogP contribution in [0.5, 0.6) is 0 Å². The van der Waals surface area contributed by atoms with E-state index in [1.54, 1.807) is 6.07 Å². The number of nitrogens with zero attached hydrogens (tertiary/aromatic N) is 3. The van der Waals surface area contributed by atoms with E-state index in [4.69, 9.17) is 0 Å². The minimum Gasteiger partial charge on any atom is -0.341 e. The second-order valence-corrected chi connectivity index (χ2v) is 5.82. The van der Waals surface area contributed by atoms with Gasteiger partial charge in [-0.1, -0.05) is 12.8 Å². The molecule has 0 radical (unpaired) electrons. The second-order valence-electron chi connectivity index (χ2n) is 5.82. The number of likely N-dealkylation sites (tertiary alicyclic amines) is 1. The first kappa shape index (κ1) is 13.3. The van der Waals surface area contributed by atoms with Crippen molar-refractivity contribution >= 4 is 5.91 Å².